The third kappa shape index (κ3) is 3.08. The Morgan fingerprint density at radius 2 is 2.04 bits per heavy atom. The fourth-order valence-corrected chi connectivity index (χ4v) is 3.87. The zero-order chi connectivity index (χ0) is 17.9. The highest BCUT2D eigenvalue weighted by Crippen LogP contribution is 2.39. The van der Waals surface area contributed by atoms with Gasteiger partial charge in [-0.2, -0.15) is 0 Å². The number of nitrogens with zero attached hydrogens (tertiary/aromatic N) is 4. The second-order valence-corrected chi connectivity index (χ2v) is 6.72. The van der Waals surface area contributed by atoms with Crippen LogP contribution in [0.2, 0.25) is 0 Å². The van der Waals surface area contributed by atoms with E-state index in [1.165, 1.54) is 5.69 Å². The molecule has 0 bridgehead atoms. The molecule has 0 unspecified atom stereocenters. The minimum atomic E-state index is 0.0144. The normalized spacial score (nSPS) is 19.6. The van der Waals surface area contributed by atoms with Gasteiger partial charge in [0.25, 0.3) is 0 Å². The molecule has 1 N–H and O–H groups in total. The lowest BCUT2D eigenvalue weighted by Gasteiger charge is -2.28. The molecule has 4 rings (SSSR count). The van der Waals surface area contributed by atoms with Crippen molar-refractivity contribution in [1.82, 2.24) is 24.8 Å². The van der Waals surface area contributed by atoms with Crippen molar-refractivity contribution in [3.05, 3.63) is 84.2 Å². The fourth-order valence-electron chi connectivity index (χ4n) is 3.57. The first-order chi connectivity index (χ1) is 12.8. The molecule has 26 heavy (non-hydrogen) atoms. The maximum atomic E-state index is 5.70. The Morgan fingerprint density at radius 1 is 1.12 bits per heavy atom. The van der Waals surface area contributed by atoms with Crippen LogP contribution in [0.3, 0.4) is 0 Å². The smallest absolute Gasteiger partial charge is 0.170 e. The highest BCUT2D eigenvalue weighted by molar-refractivity contribution is 7.80. The molecule has 5 nitrogen and oxygen atoms in total. The largest absolute Gasteiger partial charge is 0.352 e. The van der Waals surface area contributed by atoms with Crippen molar-refractivity contribution in [3.63, 3.8) is 0 Å². The molecule has 132 valence electrons. The van der Waals surface area contributed by atoms with Crippen LogP contribution in [0.1, 0.15) is 36.0 Å². The number of rotatable bonds is 5. The number of nitrogens with one attached hydrogen (secondary N) is 1. The summed E-state index contributed by atoms with van der Waals surface area (Å²) in [7, 11) is 0. The van der Waals surface area contributed by atoms with Gasteiger partial charge in [0.2, 0.25) is 0 Å². The quantitative estimate of drug-likeness (QED) is 0.703. The van der Waals surface area contributed by atoms with Gasteiger partial charge in [0.1, 0.15) is 0 Å². The molecular formula is C20H21N5S. The summed E-state index contributed by atoms with van der Waals surface area (Å²) >= 11 is 5.70. The van der Waals surface area contributed by atoms with Gasteiger partial charge in [-0.25, -0.2) is 0 Å². The van der Waals surface area contributed by atoms with E-state index < -0.39 is 0 Å². The Kier molecular flexibility index (Phi) is 4.67. The monoisotopic (exact) mass is 363 g/mol. The number of pyridine rings is 2. The average molecular weight is 363 g/mol. The maximum absolute atomic E-state index is 5.70. The predicted molar refractivity (Wildman–Crippen MR) is 105 cm³/mol. The van der Waals surface area contributed by atoms with E-state index in [-0.39, 0.29) is 12.1 Å². The molecule has 0 aliphatic carbocycles. The van der Waals surface area contributed by atoms with Gasteiger partial charge in [-0.05, 0) is 55.0 Å². The van der Waals surface area contributed by atoms with Crippen LogP contribution in [0, 0.1) is 0 Å². The highest BCUT2D eigenvalue weighted by Gasteiger charge is 2.40. The molecule has 0 spiro atoms. The lowest BCUT2D eigenvalue weighted by molar-refractivity contribution is 0.297. The van der Waals surface area contributed by atoms with Gasteiger partial charge in [-0.1, -0.05) is 12.1 Å². The number of aromatic nitrogens is 3. The SMILES string of the molecule is CCn1cccc1[C@@H]1[C@@H](c2ccccn2)NC(=S)N1Cc1cccnc1. The molecule has 1 fully saturated rings. The molecule has 2 atom stereocenters. The van der Waals surface area contributed by atoms with Crippen LogP contribution in [0.25, 0.3) is 0 Å². The van der Waals surface area contributed by atoms with E-state index in [1.54, 1.807) is 6.20 Å². The van der Waals surface area contributed by atoms with Gasteiger partial charge in [0.05, 0.1) is 17.8 Å². The molecule has 1 aliphatic rings. The second-order valence-electron chi connectivity index (χ2n) is 6.33. The highest BCUT2D eigenvalue weighted by atomic mass is 32.1. The molecule has 1 saturated heterocycles. The topological polar surface area (TPSA) is 46.0 Å². The van der Waals surface area contributed by atoms with Crippen molar-refractivity contribution in [1.29, 1.82) is 0 Å². The average Bonchev–Trinajstić information content (AvgIpc) is 3.28. The van der Waals surface area contributed by atoms with Crippen molar-refractivity contribution < 1.29 is 0 Å². The lowest BCUT2D eigenvalue weighted by Crippen LogP contribution is -2.30. The van der Waals surface area contributed by atoms with E-state index in [0.717, 1.165) is 22.9 Å². The van der Waals surface area contributed by atoms with Crippen molar-refractivity contribution >= 4 is 17.3 Å². The summed E-state index contributed by atoms with van der Waals surface area (Å²) in [5, 5.41) is 4.24. The van der Waals surface area contributed by atoms with E-state index >= 15 is 0 Å². The van der Waals surface area contributed by atoms with Crippen LogP contribution in [0.5, 0.6) is 0 Å². The van der Waals surface area contributed by atoms with Crippen LogP contribution in [0.4, 0.5) is 0 Å². The van der Waals surface area contributed by atoms with Crippen molar-refractivity contribution in [2.75, 3.05) is 0 Å². The number of thiocarbonyl (C=S) groups is 1. The zero-order valence-electron chi connectivity index (χ0n) is 14.6. The Balaban J connectivity index is 1.75. The van der Waals surface area contributed by atoms with Gasteiger partial charge in [0, 0.05) is 43.6 Å². The first-order valence-electron chi connectivity index (χ1n) is 8.80. The Morgan fingerprint density at radius 3 is 2.77 bits per heavy atom. The second kappa shape index (κ2) is 7.25. The van der Waals surface area contributed by atoms with E-state index in [1.807, 2.05) is 30.6 Å². The molecule has 6 heteroatoms. The molecule has 3 aromatic rings. The number of hydrogen-bond donors (Lipinski definition) is 1. The molecule has 0 amide bonds. The summed E-state index contributed by atoms with van der Waals surface area (Å²) in [6.45, 7) is 3.79. The molecule has 0 saturated carbocycles. The van der Waals surface area contributed by atoms with Crippen LogP contribution >= 0.6 is 12.2 Å². The maximum Gasteiger partial charge on any atom is 0.170 e. The van der Waals surface area contributed by atoms with Crippen LogP contribution < -0.4 is 5.32 Å². The van der Waals surface area contributed by atoms with E-state index in [9.17, 15) is 0 Å². The van der Waals surface area contributed by atoms with E-state index in [0.29, 0.717) is 6.54 Å². The first-order valence-corrected chi connectivity index (χ1v) is 9.20. The van der Waals surface area contributed by atoms with Crippen LogP contribution in [-0.4, -0.2) is 24.5 Å². The third-order valence-electron chi connectivity index (χ3n) is 4.78. The zero-order valence-corrected chi connectivity index (χ0v) is 15.4. The minimum absolute atomic E-state index is 0.0144. The molecule has 0 radical (unpaired) electrons. The molecule has 0 aromatic carbocycles. The Hall–Kier alpha value is -2.73. The summed E-state index contributed by atoms with van der Waals surface area (Å²) in [4.78, 5) is 11.1. The Labute approximate surface area is 158 Å². The van der Waals surface area contributed by atoms with Gasteiger partial charge in [-0.15, -0.1) is 0 Å². The summed E-state index contributed by atoms with van der Waals surface area (Å²) in [6, 6.07) is 14.4. The van der Waals surface area contributed by atoms with E-state index in [4.69, 9.17) is 12.2 Å². The predicted octanol–water partition coefficient (Wildman–Crippen LogP) is 3.47. The number of aryl methyl sites for hydroxylation is 1. The summed E-state index contributed by atoms with van der Waals surface area (Å²) < 4.78 is 2.27. The molecule has 4 heterocycles. The van der Waals surface area contributed by atoms with Crippen molar-refractivity contribution in [2.24, 2.45) is 0 Å². The molecule has 3 aromatic heterocycles. The van der Waals surface area contributed by atoms with Crippen molar-refractivity contribution in [2.45, 2.75) is 32.1 Å². The first kappa shape index (κ1) is 16.7. The standard InChI is InChI=1S/C20H21N5S/c1-2-24-12-6-9-17(24)19-18(16-8-3-4-11-22-16)23-20(26)25(19)14-15-7-5-10-21-13-15/h3-13,18-19H,2,14H2,1H3,(H,23,26)/t18-,19-/m1/s1. The van der Waals surface area contributed by atoms with Crippen LogP contribution in [-0.2, 0) is 13.1 Å². The lowest BCUT2D eigenvalue weighted by atomic mass is 10.0. The minimum Gasteiger partial charge on any atom is -0.352 e. The summed E-state index contributed by atoms with van der Waals surface area (Å²) in [6.07, 6.45) is 7.64. The summed E-state index contributed by atoms with van der Waals surface area (Å²) in [5.41, 5.74) is 3.37. The molecular weight excluding hydrogens is 342 g/mol. The summed E-state index contributed by atoms with van der Waals surface area (Å²) in [5.74, 6) is 0. The van der Waals surface area contributed by atoms with Gasteiger partial charge in [0.15, 0.2) is 5.11 Å². The van der Waals surface area contributed by atoms with Gasteiger partial charge < -0.3 is 14.8 Å². The number of hydrogen-bond acceptors (Lipinski definition) is 3. The van der Waals surface area contributed by atoms with Gasteiger partial charge in [-0.3, -0.25) is 9.97 Å². The molecule has 1 aliphatic heterocycles. The van der Waals surface area contributed by atoms with Gasteiger partial charge >= 0.3 is 0 Å². The Bertz CT molecular complexity index is 877. The third-order valence-corrected chi connectivity index (χ3v) is 5.13. The fraction of sp³-hybridized carbons (Fsp3) is 0.250. The van der Waals surface area contributed by atoms with E-state index in [2.05, 4.69) is 62.1 Å². The van der Waals surface area contributed by atoms with Crippen LogP contribution in [0.15, 0.2) is 67.3 Å². The van der Waals surface area contributed by atoms with Crippen molar-refractivity contribution in [3.8, 4) is 0 Å².